The molecular weight excluding hydrogens is 312 g/mol. The highest BCUT2D eigenvalue weighted by atomic mass is 35.5. The lowest BCUT2D eigenvalue weighted by Gasteiger charge is -2.30. The molecule has 0 unspecified atom stereocenters. The van der Waals surface area contributed by atoms with Gasteiger partial charge in [0.05, 0.1) is 22.2 Å². The van der Waals surface area contributed by atoms with Crippen molar-refractivity contribution in [1.29, 1.82) is 5.26 Å². The molecule has 0 saturated carbocycles. The average Bonchev–Trinajstić information content (AvgIpc) is 2.62. The van der Waals surface area contributed by atoms with E-state index < -0.39 is 5.41 Å². The number of anilines is 1. The summed E-state index contributed by atoms with van der Waals surface area (Å²) in [7, 11) is 0. The fourth-order valence-corrected chi connectivity index (χ4v) is 2.82. The number of hydrogen-bond acceptors (Lipinski definition) is 5. The zero-order valence-electron chi connectivity index (χ0n) is 12.6. The van der Waals surface area contributed by atoms with Gasteiger partial charge in [0, 0.05) is 37.7 Å². The Morgan fingerprint density at radius 1 is 1.22 bits per heavy atom. The van der Waals surface area contributed by atoms with Crippen molar-refractivity contribution in [3.05, 3.63) is 41.7 Å². The lowest BCUT2D eigenvalue weighted by atomic mass is 9.82. The van der Waals surface area contributed by atoms with Crippen LogP contribution < -0.4 is 5.32 Å². The molecule has 1 aliphatic heterocycles. The molecule has 1 fully saturated rings. The van der Waals surface area contributed by atoms with Gasteiger partial charge in [-0.1, -0.05) is 11.6 Å². The molecule has 0 amide bonds. The summed E-state index contributed by atoms with van der Waals surface area (Å²) in [6, 6.07) is 9.82. The Balaban J connectivity index is 1.78. The number of nitrogens with zero attached hydrogens (tertiary/aromatic N) is 3. The molecule has 5 nitrogen and oxygen atoms in total. The van der Waals surface area contributed by atoms with E-state index in [9.17, 15) is 5.26 Å². The van der Waals surface area contributed by atoms with Gasteiger partial charge in [0.25, 0.3) is 0 Å². The number of nitrogens with one attached hydrogen (secondary N) is 1. The van der Waals surface area contributed by atoms with E-state index in [2.05, 4.69) is 21.4 Å². The highest BCUT2D eigenvalue weighted by Gasteiger charge is 2.32. The van der Waals surface area contributed by atoms with Gasteiger partial charge < -0.3 is 10.1 Å². The van der Waals surface area contributed by atoms with E-state index in [1.807, 2.05) is 24.3 Å². The molecule has 3 heterocycles. The average molecular weight is 329 g/mol. The molecule has 1 aliphatic rings. The molecule has 118 valence electrons. The summed E-state index contributed by atoms with van der Waals surface area (Å²) in [5, 5.41) is 13.4. The van der Waals surface area contributed by atoms with Crippen LogP contribution in [0.15, 0.2) is 36.7 Å². The van der Waals surface area contributed by atoms with E-state index in [4.69, 9.17) is 16.3 Å². The molecule has 0 bridgehead atoms. The van der Waals surface area contributed by atoms with Gasteiger partial charge in [-0.05, 0) is 37.1 Å². The van der Waals surface area contributed by atoms with Crippen molar-refractivity contribution in [1.82, 2.24) is 9.97 Å². The molecule has 6 heteroatoms. The second-order valence-electron chi connectivity index (χ2n) is 5.62. The van der Waals surface area contributed by atoms with Crippen LogP contribution in [0.2, 0.25) is 5.02 Å². The number of nitriles is 1. The van der Waals surface area contributed by atoms with Crippen LogP contribution in [0.25, 0.3) is 11.3 Å². The van der Waals surface area contributed by atoms with Crippen LogP contribution in [0.5, 0.6) is 0 Å². The molecule has 0 atom stereocenters. The third kappa shape index (κ3) is 3.61. The minimum absolute atomic E-state index is 0.392. The summed E-state index contributed by atoms with van der Waals surface area (Å²) in [5.41, 5.74) is 1.22. The van der Waals surface area contributed by atoms with Gasteiger partial charge in [0.15, 0.2) is 0 Å². The van der Waals surface area contributed by atoms with Gasteiger partial charge in [-0.2, -0.15) is 5.26 Å². The zero-order chi connectivity index (χ0) is 16.1. The quantitative estimate of drug-likeness (QED) is 0.929. The van der Waals surface area contributed by atoms with Crippen LogP contribution in [-0.2, 0) is 4.74 Å². The van der Waals surface area contributed by atoms with Crippen molar-refractivity contribution in [2.75, 3.05) is 25.1 Å². The lowest BCUT2D eigenvalue weighted by Crippen LogP contribution is -2.34. The smallest absolute Gasteiger partial charge is 0.126 e. The molecule has 2 aromatic rings. The van der Waals surface area contributed by atoms with Crippen molar-refractivity contribution in [2.24, 2.45) is 5.41 Å². The van der Waals surface area contributed by atoms with Crippen molar-refractivity contribution in [3.63, 3.8) is 0 Å². The third-order valence-corrected chi connectivity index (χ3v) is 4.40. The summed E-state index contributed by atoms with van der Waals surface area (Å²) < 4.78 is 5.35. The molecule has 0 aromatic carbocycles. The molecule has 0 spiro atoms. The van der Waals surface area contributed by atoms with Crippen molar-refractivity contribution < 1.29 is 4.74 Å². The fraction of sp³-hybridized carbons (Fsp3) is 0.353. The topological polar surface area (TPSA) is 70.8 Å². The monoisotopic (exact) mass is 328 g/mol. The van der Waals surface area contributed by atoms with Crippen LogP contribution >= 0.6 is 11.6 Å². The van der Waals surface area contributed by atoms with Crippen LogP contribution in [0.3, 0.4) is 0 Å². The third-order valence-electron chi connectivity index (χ3n) is 4.09. The normalized spacial score (nSPS) is 16.5. The molecule has 1 N–H and O–H groups in total. The minimum Gasteiger partial charge on any atom is -0.381 e. The predicted molar refractivity (Wildman–Crippen MR) is 89.1 cm³/mol. The predicted octanol–water partition coefficient (Wildman–Crippen LogP) is 3.53. The van der Waals surface area contributed by atoms with Gasteiger partial charge in [0.1, 0.15) is 5.82 Å². The van der Waals surface area contributed by atoms with Gasteiger partial charge in [-0.15, -0.1) is 0 Å². The first-order chi connectivity index (χ1) is 11.2. The Morgan fingerprint density at radius 3 is 2.65 bits per heavy atom. The molecule has 2 aromatic heterocycles. The minimum atomic E-state index is -0.392. The second-order valence-corrected chi connectivity index (χ2v) is 6.03. The van der Waals surface area contributed by atoms with E-state index in [0.717, 1.165) is 18.4 Å². The van der Waals surface area contributed by atoms with E-state index in [-0.39, 0.29) is 0 Å². The maximum Gasteiger partial charge on any atom is 0.126 e. The Labute approximate surface area is 140 Å². The molecular formula is C17H17ClN4O. The Hall–Kier alpha value is -2.16. The SMILES string of the molecule is N#CC1(CNc2ccc(Cl)c(-c3ccncc3)n2)CCOCC1. The van der Waals surface area contributed by atoms with Gasteiger partial charge in [0.2, 0.25) is 0 Å². The molecule has 3 rings (SSSR count). The standard InChI is InChI=1S/C17H17ClN4O/c18-14-1-2-15(22-16(14)13-3-7-20-8-4-13)21-12-17(11-19)5-9-23-10-6-17/h1-4,7-8H,5-6,9-10,12H2,(H,21,22). The maximum absolute atomic E-state index is 9.50. The molecule has 1 saturated heterocycles. The number of aromatic nitrogens is 2. The Bertz CT molecular complexity index is 708. The number of rotatable bonds is 4. The lowest BCUT2D eigenvalue weighted by molar-refractivity contribution is 0.0456. The highest BCUT2D eigenvalue weighted by Crippen LogP contribution is 2.31. The van der Waals surface area contributed by atoms with Crippen LogP contribution in [0, 0.1) is 16.7 Å². The van der Waals surface area contributed by atoms with E-state index in [1.54, 1.807) is 12.4 Å². The number of pyridine rings is 2. The first-order valence-electron chi connectivity index (χ1n) is 7.52. The van der Waals surface area contributed by atoms with Crippen molar-refractivity contribution in [2.45, 2.75) is 12.8 Å². The van der Waals surface area contributed by atoms with E-state index >= 15 is 0 Å². The van der Waals surface area contributed by atoms with Crippen LogP contribution in [-0.4, -0.2) is 29.7 Å². The largest absolute Gasteiger partial charge is 0.381 e. The van der Waals surface area contributed by atoms with Crippen molar-refractivity contribution in [3.8, 4) is 17.3 Å². The van der Waals surface area contributed by atoms with Crippen molar-refractivity contribution >= 4 is 17.4 Å². The number of halogens is 1. The first kappa shape index (κ1) is 15.7. The van der Waals surface area contributed by atoms with E-state index in [1.165, 1.54) is 0 Å². The maximum atomic E-state index is 9.50. The second kappa shape index (κ2) is 6.95. The Kier molecular flexibility index (Phi) is 4.75. The van der Waals surface area contributed by atoms with Crippen LogP contribution in [0.1, 0.15) is 12.8 Å². The fourth-order valence-electron chi connectivity index (χ4n) is 2.60. The van der Waals surface area contributed by atoms with Gasteiger partial charge in [-0.3, -0.25) is 4.98 Å². The Morgan fingerprint density at radius 2 is 1.96 bits per heavy atom. The number of ether oxygens (including phenoxy) is 1. The van der Waals surface area contributed by atoms with E-state index in [0.29, 0.717) is 36.3 Å². The summed E-state index contributed by atoms with van der Waals surface area (Å²) in [4.78, 5) is 8.59. The van der Waals surface area contributed by atoms with Gasteiger partial charge >= 0.3 is 0 Å². The summed E-state index contributed by atoms with van der Waals surface area (Å²) in [6.45, 7) is 1.81. The molecule has 23 heavy (non-hydrogen) atoms. The molecule has 0 aliphatic carbocycles. The van der Waals surface area contributed by atoms with Crippen LogP contribution in [0.4, 0.5) is 5.82 Å². The summed E-state index contributed by atoms with van der Waals surface area (Å²) in [5.74, 6) is 0.710. The first-order valence-corrected chi connectivity index (χ1v) is 7.90. The zero-order valence-corrected chi connectivity index (χ0v) is 13.4. The van der Waals surface area contributed by atoms with Gasteiger partial charge in [-0.25, -0.2) is 4.98 Å². The highest BCUT2D eigenvalue weighted by molar-refractivity contribution is 6.33. The molecule has 0 radical (unpaired) electrons. The summed E-state index contributed by atoms with van der Waals surface area (Å²) >= 11 is 6.25. The summed E-state index contributed by atoms with van der Waals surface area (Å²) in [6.07, 6.45) is 4.89. The number of hydrogen-bond donors (Lipinski definition) is 1.